The number of para-hydroxylation sites is 2. The Bertz CT molecular complexity index is 549. The molecule has 0 atom stereocenters. The SMILES string of the molecule is CC(=O)c1ccccc1OCCCOc1ccccc1. The first-order valence-corrected chi connectivity index (χ1v) is 6.68. The third-order valence-corrected chi connectivity index (χ3v) is 2.82. The normalized spacial score (nSPS) is 10.1. The van der Waals surface area contributed by atoms with Gasteiger partial charge in [0.05, 0.1) is 18.8 Å². The minimum Gasteiger partial charge on any atom is -0.493 e. The average molecular weight is 270 g/mol. The molecule has 0 aliphatic carbocycles. The summed E-state index contributed by atoms with van der Waals surface area (Å²) in [4.78, 5) is 11.4. The summed E-state index contributed by atoms with van der Waals surface area (Å²) in [5.41, 5.74) is 0.622. The molecule has 2 rings (SSSR count). The van der Waals surface area contributed by atoms with E-state index in [-0.39, 0.29) is 5.78 Å². The van der Waals surface area contributed by atoms with E-state index in [2.05, 4.69) is 0 Å². The lowest BCUT2D eigenvalue weighted by molar-refractivity contribution is 0.101. The maximum Gasteiger partial charge on any atom is 0.163 e. The van der Waals surface area contributed by atoms with Gasteiger partial charge in [0.25, 0.3) is 0 Å². The molecule has 0 amide bonds. The third kappa shape index (κ3) is 4.12. The predicted molar refractivity (Wildman–Crippen MR) is 78.5 cm³/mol. The Kier molecular flexibility index (Phi) is 5.18. The lowest BCUT2D eigenvalue weighted by Gasteiger charge is -2.10. The number of rotatable bonds is 7. The van der Waals surface area contributed by atoms with E-state index in [0.29, 0.717) is 24.5 Å². The van der Waals surface area contributed by atoms with Crippen LogP contribution in [0.2, 0.25) is 0 Å². The smallest absolute Gasteiger partial charge is 0.163 e. The fraction of sp³-hybridized carbons (Fsp3) is 0.235. The first-order valence-electron chi connectivity index (χ1n) is 6.68. The molecular weight excluding hydrogens is 252 g/mol. The van der Waals surface area contributed by atoms with Gasteiger partial charge in [-0.25, -0.2) is 0 Å². The molecule has 0 aliphatic heterocycles. The van der Waals surface area contributed by atoms with Crippen LogP contribution in [0.5, 0.6) is 11.5 Å². The molecule has 0 spiro atoms. The van der Waals surface area contributed by atoms with Crippen molar-refractivity contribution in [2.24, 2.45) is 0 Å². The molecule has 20 heavy (non-hydrogen) atoms. The van der Waals surface area contributed by atoms with E-state index in [0.717, 1.165) is 12.2 Å². The molecule has 104 valence electrons. The van der Waals surface area contributed by atoms with Gasteiger partial charge in [-0.05, 0) is 31.2 Å². The van der Waals surface area contributed by atoms with Gasteiger partial charge in [-0.1, -0.05) is 30.3 Å². The fourth-order valence-corrected chi connectivity index (χ4v) is 1.83. The Morgan fingerprint density at radius 1 is 0.900 bits per heavy atom. The summed E-state index contributed by atoms with van der Waals surface area (Å²) < 4.78 is 11.2. The highest BCUT2D eigenvalue weighted by atomic mass is 16.5. The molecule has 3 heteroatoms. The predicted octanol–water partition coefficient (Wildman–Crippen LogP) is 3.74. The number of ketones is 1. The van der Waals surface area contributed by atoms with Gasteiger partial charge in [-0.2, -0.15) is 0 Å². The molecule has 0 heterocycles. The standard InChI is InChI=1S/C17H18O3/c1-14(18)16-10-5-6-11-17(16)20-13-7-12-19-15-8-3-2-4-9-15/h2-6,8-11H,7,12-13H2,1H3. The molecule has 0 fully saturated rings. The zero-order chi connectivity index (χ0) is 14.2. The van der Waals surface area contributed by atoms with Crippen molar-refractivity contribution in [3.05, 3.63) is 60.2 Å². The molecule has 0 bridgehead atoms. The second kappa shape index (κ2) is 7.34. The maximum absolute atomic E-state index is 11.4. The van der Waals surface area contributed by atoms with Crippen LogP contribution in [-0.2, 0) is 0 Å². The fourth-order valence-electron chi connectivity index (χ4n) is 1.83. The Morgan fingerprint density at radius 2 is 1.55 bits per heavy atom. The van der Waals surface area contributed by atoms with Crippen LogP contribution >= 0.6 is 0 Å². The molecule has 0 N–H and O–H groups in total. The van der Waals surface area contributed by atoms with Gasteiger partial charge in [-0.15, -0.1) is 0 Å². The average Bonchev–Trinajstić information content (AvgIpc) is 2.48. The van der Waals surface area contributed by atoms with Gasteiger partial charge in [0, 0.05) is 6.42 Å². The molecule has 3 nitrogen and oxygen atoms in total. The molecule has 0 saturated heterocycles. The quantitative estimate of drug-likeness (QED) is 0.568. The van der Waals surface area contributed by atoms with Crippen LogP contribution < -0.4 is 9.47 Å². The summed E-state index contributed by atoms with van der Waals surface area (Å²) in [6.45, 7) is 2.66. The Labute approximate surface area is 119 Å². The van der Waals surface area contributed by atoms with Gasteiger partial charge in [0.1, 0.15) is 11.5 Å². The van der Waals surface area contributed by atoms with Gasteiger partial charge in [0.2, 0.25) is 0 Å². The zero-order valence-electron chi connectivity index (χ0n) is 11.5. The second-order valence-electron chi connectivity index (χ2n) is 4.42. The topological polar surface area (TPSA) is 35.5 Å². The summed E-state index contributed by atoms with van der Waals surface area (Å²) in [7, 11) is 0. The first-order chi connectivity index (χ1) is 9.77. The van der Waals surface area contributed by atoms with E-state index in [1.165, 1.54) is 0 Å². The van der Waals surface area contributed by atoms with E-state index >= 15 is 0 Å². The van der Waals surface area contributed by atoms with E-state index in [1.54, 1.807) is 13.0 Å². The summed E-state index contributed by atoms with van der Waals surface area (Å²) in [5.74, 6) is 1.51. The van der Waals surface area contributed by atoms with Crippen LogP contribution in [-0.4, -0.2) is 19.0 Å². The van der Waals surface area contributed by atoms with E-state index in [4.69, 9.17) is 9.47 Å². The van der Waals surface area contributed by atoms with Crippen molar-refractivity contribution in [1.82, 2.24) is 0 Å². The summed E-state index contributed by atoms with van der Waals surface area (Å²) >= 11 is 0. The Morgan fingerprint density at radius 3 is 2.30 bits per heavy atom. The number of carbonyl (C=O) groups excluding carboxylic acids is 1. The minimum absolute atomic E-state index is 0.0149. The highest BCUT2D eigenvalue weighted by molar-refractivity contribution is 5.96. The van der Waals surface area contributed by atoms with Crippen LogP contribution in [0.15, 0.2) is 54.6 Å². The maximum atomic E-state index is 11.4. The van der Waals surface area contributed by atoms with Crippen molar-refractivity contribution in [3.63, 3.8) is 0 Å². The van der Waals surface area contributed by atoms with Gasteiger partial charge in [0.15, 0.2) is 5.78 Å². The van der Waals surface area contributed by atoms with Crippen LogP contribution in [0.4, 0.5) is 0 Å². The van der Waals surface area contributed by atoms with Gasteiger partial charge in [-0.3, -0.25) is 4.79 Å². The lowest BCUT2D eigenvalue weighted by Crippen LogP contribution is -2.07. The number of hydrogen-bond acceptors (Lipinski definition) is 3. The molecule has 2 aromatic carbocycles. The van der Waals surface area contributed by atoms with Crippen molar-refractivity contribution >= 4 is 5.78 Å². The van der Waals surface area contributed by atoms with E-state index in [1.807, 2.05) is 48.5 Å². The van der Waals surface area contributed by atoms with E-state index < -0.39 is 0 Å². The number of carbonyl (C=O) groups is 1. The number of hydrogen-bond donors (Lipinski definition) is 0. The minimum atomic E-state index is 0.0149. The largest absolute Gasteiger partial charge is 0.493 e. The van der Waals surface area contributed by atoms with E-state index in [9.17, 15) is 4.79 Å². The van der Waals surface area contributed by atoms with Crippen molar-refractivity contribution in [1.29, 1.82) is 0 Å². The highest BCUT2D eigenvalue weighted by Gasteiger charge is 2.06. The Hall–Kier alpha value is -2.29. The number of ether oxygens (including phenoxy) is 2. The summed E-state index contributed by atoms with van der Waals surface area (Å²) in [6.07, 6.45) is 0.765. The molecule has 0 saturated carbocycles. The molecule has 2 aromatic rings. The van der Waals surface area contributed by atoms with Crippen molar-refractivity contribution in [2.45, 2.75) is 13.3 Å². The monoisotopic (exact) mass is 270 g/mol. The number of Topliss-reactive ketones (excluding diaryl/α,β-unsaturated/α-hetero) is 1. The van der Waals surface area contributed by atoms with Crippen molar-refractivity contribution < 1.29 is 14.3 Å². The molecule has 0 aliphatic rings. The van der Waals surface area contributed by atoms with Crippen molar-refractivity contribution in [3.8, 4) is 11.5 Å². The summed E-state index contributed by atoms with van der Waals surface area (Å²) in [6, 6.07) is 17.0. The van der Waals surface area contributed by atoms with Gasteiger partial charge >= 0.3 is 0 Å². The third-order valence-electron chi connectivity index (χ3n) is 2.82. The van der Waals surface area contributed by atoms with Gasteiger partial charge < -0.3 is 9.47 Å². The molecule has 0 unspecified atom stereocenters. The molecular formula is C17H18O3. The second-order valence-corrected chi connectivity index (χ2v) is 4.42. The van der Waals surface area contributed by atoms with Crippen LogP contribution in [0.25, 0.3) is 0 Å². The van der Waals surface area contributed by atoms with Crippen LogP contribution in [0.3, 0.4) is 0 Å². The molecule has 0 aromatic heterocycles. The highest BCUT2D eigenvalue weighted by Crippen LogP contribution is 2.18. The number of benzene rings is 2. The molecule has 0 radical (unpaired) electrons. The van der Waals surface area contributed by atoms with Crippen LogP contribution in [0.1, 0.15) is 23.7 Å². The first kappa shape index (κ1) is 14.1. The lowest BCUT2D eigenvalue weighted by atomic mass is 10.1. The van der Waals surface area contributed by atoms with Crippen LogP contribution in [0, 0.1) is 0 Å². The van der Waals surface area contributed by atoms with Crippen molar-refractivity contribution in [2.75, 3.05) is 13.2 Å². The summed E-state index contributed by atoms with van der Waals surface area (Å²) in [5, 5.41) is 0. The Balaban J connectivity index is 1.75. The zero-order valence-corrected chi connectivity index (χ0v) is 11.5.